The highest BCUT2D eigenvalue weighted by Gasteiger charge is 2.40. The molecule has 0 aliphatic rings. The van der Waals surface area contributed by atoms with Crippen LogP contribution >= 0.6 is 0 Å². The number of halogens is 12. The summed E-state index contributed by atoms with van der Waals surface area (Å²) in [6.45, 7) is 0. The Labute approximate surface area is 197 Å². The van der Waals surface area contributed by atoms with Gasteiger partial charge in [-0.2, -0.15) is 52.7 Å². The number of fused-ring (bicyclic) bond motifs is 2. The van der Waals surface area contributed by atoms with Crippen molar-refractivity contribution in [3.05, 3.63) is 71.0 Å². The second-order valence-electron chi connectivity index (χ2n) is 7.69. The summed E-state index contributed by atoms with van der Waals surface area (Å²) in [4.78, 5) is 6.45. The van der Waals surface area contributed by atoms with Crippen LogP contribution in [0.1, 0.15) is 22.5 Å². The molecule has 2 heterocycles. The maximum absolute atomic E-state index is 13.3. The van der Waals surface area contributed by atoms with Gasteiger partial charge in [-0.1, -0.05) is 12.1 Å². The minimum atomic E-state index is -5.20. The number of hydrogen-bond donors (Lipinski definition) is 1. The van der Waals surface area contributed by atoms with Crippen LogP contribution in [-0.2, 0) is 24.7 Å². The van der Waals surface area contributed by atoms with Crippen LogP contribution in [0.3, 0.4) is 0 Å². The van der Waals surface area contributed by atoms with Crippen molar-refractivity contribution in [3.8, 4) is 0 Å². The summed E-state index contributed by atoms with van der Waals surface area (Å²) in [6, 6.07) is 5.08. The lowest BCUT2D eigenvalue weighted by molar-refractivity contribution is -0.146. The van der Waals surface area contributed by atoms with E-state index in [1.165, 1.54) is 0 Å². The maximum atomic E-state index is 13.3. The number of rotatable bonds is 2. The number of benzene rings is 2. The third-order valence-electron chi connectivity index (χ3n) is 5.10. The molecule has 37 heavy (non-hydrogen) atoms. The van der Waals surface area contributed by atoms with Crippen LogP contribution in [0.25, 0.3) is 21.8 Å². The third kappa shape index (κ3) is 5.34. The lowest BCUT2D eigenvalue weighted by atomic mass is 10.1. The highest BCUT2D eigenvalue weighted by molar-refractivity contribution is 5.89. The van der Waals surface area contributed by atoms with Crippen LogP contribution in [0, 0.1) is 0 Å². The van der Waals surface area contributed by atoms with Crippen molar-refractivity contribution in [1.29, 1.82) is 0 Å². The predicted molar refractivity (Wildman–Crippen MR) is 107 cm³/mol. The Morgan fingerprint density at radius 3 is 1.11 bits per heavy atom. The van der Waals surface area contributed by atoms with E-state index in [0.717, 1.165) is 36.4 Å². The normalized spacial score (nSPS) is 13.4. The van der Waals surface area contributed by atoms with Gasteiger partial charge in [0, 0.05) is 22.1 Å². The summed E-state index contributed by atoms with van der Waals surface area (Å²) in [5, 5.41) is 1.20. The molecule has 0 aliphatic carbocycles. The highest BCUT2D eigenvalue weighted by atomic mass is 19.4. The first kappa shape index (κ1) is 26.3. The molecule has 0 saturated carbocycles. The molecular formula is C22H9F12N3. The molecule has 4 rings (SSSR count). The van der Waals surface area contributed by atoms with Crippen molar-refractivity contribution in [2.24, 2.45) is 0 Å². The highest BCUT2D eigenvalue weighted by Crippen LogP contribution is 2.41. The molecular weight excluding hydrogens is 534 g/mol. The summed E-state index contributed by atoms with van der Waals surface area (Å²) in [5.41, 5.74) is -8.49. The van der Waals surface area contributed by atoms with E-state index in [0.29, 0.717) is 0 Å². The van der Waals surface area contributed by atoms with E-state index in [-0.39, 0.29) is 23.5 Å². The smallest absolute Gasteiger partial charge is 0.355 e. The molecule has 0 bridgehead atoms. The van der Waals surface area contributed by atoms with E-state index in [1.54, 1.807) is 0 Å². The number of aromatic nitrogens is 2. The van der Waals surface area contributed by atoms with Gasteiger partial charge in [0.1, 0.15) is 11.4 Å². The fourth-order valence-corrected chi connectivity index (χ4v) is 3.54. The molecule has 0 radical (unpaired) electrons. The fraction of sp³-hybridized carbons (Fsp3) is 0.182. The van der Waals surface area contributed by atoms with Crippen LogP contribution in [0.15, 0.2) is 48.5 Å². The molecule has 2 aromatic heterocycles. The van der Waals surface area contributed by atoms with E-state index in [1.807, 2.05) is 0 Å². The fourth-order valence-electron chi connectivity index (χ4n) is 3.54. The molecule has 0 spiro atoms. The number of anilines is 2. The summed E-state index contributed by atoms with van der Waals surface area (Å²) < 4.78 is 159. The number of alkyl halides is 12. The summed E-state index contributed by atoms with van der Waals surface area (Å²) in [6.07, 6.45) is -20.7. The third-order valence-corrected chi connectivity index (χ3v) is 5.10. The largest absolute Gasteiger partial charge is 0.433 e. The first-order valence-electron chi connectivity index (χ1n) is 9.79. The van der Waals surface area contributed by atoms with Gasteiger partial charge in [-0.05, 0) is 36.4 Å². The summed E-state index contributed by atoms with van der Waals surface area (Å²) in [7, 11) is 0. The van der Waals surface area contributed by atoms with Crippen molar-refractivity contribution in [2.75, 3.05) is 5.32 Å². The Bertz CT molecular complexity index is 1390. The lowest BCUT2D eigenvalue weighted by Gasteiger charge is -2.16. The summed E-state index contributed by atoms with van der Waals surface area (Å²) in [5.74, 6) is 0. The summed E-state index contributed by atoms with van der Waals surface area (Å²) >= 11 is 0. The average Bonchev–Trinajstić information content (AvgIpc) is 2.74. The first-order valence-corrected chi connectivity index (χ1v) is 9.79. The van der Waals surface area contributed by atoms with Gasteiger partial charge in [0.05, 0.1) is 22.2 Å². The Morgan fingerprint density at radius 1 is 0.459 bits per heavy atom. The van der Waals surface area contributed by atoms with E-state index in [2.05, 4.69) is 15.3 Å². The second kappa shape index (κ2) is 8.38. The quantitative estimate of drug-likeness (QED) is 0.258. The number of nitrogens with one attached hydrogen (secondary N) is 1. The van der Waals surface area contributed by atoms with Gasteiger partial charge in [0.15, 0.2) is 0 Å². The molecule has 0 atom stereocenters. The minimum Gasteiger partial charge on any atom is -0.355 e. The van der Waals surface area contributed by atoms with Crippen LogP contribution in [-0.4, -0.2) is 9.97 Å². The van der Waals surface area contributed by atoms with E-state index in [4.69, 9.17) is 0 Å². The van der Waals surface area contributed by atoms with Crippen molar-refractivity contribution in [1.82, 2.24) is 9.97 Å². The van der Waals surface area contributed by atoms with Gasteiger partial charge >= 0.3 is 24.7 Å². The molecule has 2 aromatic carbocycles. The molecule has 0 aliphatic heterocycles. The average molecular weight is 543 g/mol. The predicted octanol–water partition coefficient (Wildman–Crippen LogP) is 8.60. The lowest BCUT2D eigenvalue weighted by Crippen LogP contribution is -2.13. The number of nitrogens with zero attached hydrogens (tertiary/aromatic N) is 2. The van der Waals surface area contributed by atoms with E-state index in [9.17, 15) is 52.7 Å². The molecule has 3 nitrogen and oxygen atoms in total. The van der Waals surface area contributed by atoms with Crippen LogP contribution in [0.2, 0.25) is 0 Å². The Morgan fingerprint density at radius 2 is 0.811 bits per heavy atom. The number of pyridine rings is 2. The van der Waals surface area contributed by atoms with Gasteiger partial charge in [-0.3, -0.25) is 0 Å². The molecule has 0 saturated heterocycles. The molecule has 0 fully saturated rings. The molecule has 1 N–H and O–H groups in total. The van der Waals surface area contributed by atoms with E-state index < -0.39 is 69.0 Å². The zero-order valence-corrected chi connectivity index (χ0v) is 17.5. The minimum absolute atomic E-state index is 0.138. The van der Waals surface area contributed by atoms with Crippen molar-refractivity contribution < 1.29 is 52.7 Å². The van der Waals surface area contributed by atoms with Gasteiger partial charge in [0.25, 0.3) is 0 Å². The first-order chi connectivity index (χ1) is 16.8. The van der Waals surface area contributed by atoms with Crippen LogP contribution in [0.4, 0.5) is 64.1 Å². The second-order valence-corrected chi connectivity index (χ2v) is 7.69. The van der Waals surface area contributed by atoms with Gasteiger partial charge in [-0.25, -0.2) is 9.97 Å². The topological polar surface area (TPSA) is 37.8 Å². The molecule has 196 valence electrons. The standard InChI is InChI=1S/C22H9F12N3/c23-19(24,25)13-7-17(21(29,30)31)36-15-5-9(1-3-11(13)15)35-10-2-4-12-14(20(26,27)28)8-18(22(32,33)34)37-16(12)6-10/h1-8,35H. The van der Waals surface area contributed by atoms with Crippen molar-refractivity contribution in [2.45, 2.75) is 24.7 Å². The van der Waals surface area contributed by atoms with Crippen LogP contribution in [0.5, 0.6) is 0 Å². The van der Waals surface area contributed by atoms with Crippen molar-refractivity contribution >= 4 is 33.2 Å². The molecule has 0 amide bonds. The Balaban J connectivity index is 1.82. The van der Waals surface area contributed by atoms with Gasteiger partial charge in [-0.15, -0.1) is 0 Å². The Kier molecular flexibility index (Phi) is 5.95. The van der Waals surface area contributed by atoms with Crippen molar-refractivity contribution in [3.63, 3.8) is 0 Å². The monoisotopic (exact) mass is 543 g/mol. The van der Waals surface area contributed by atoms with E-state index >= 15 is 0 Å². The molecule has 0 unspecified atom stereocenters. The molecule has 4 aromatic rings. The number of hydrogen-bond acceptors (Lipinski definition) is 3. The molecule has 15 heteroatoms. The zero-order valence-electron chi connectivity index (χ0n) is 17.5. The van der Waals surface area contributed by atoms with Gasteiger partial charge in [0.2, 0.25) is 0 Å². The van der Waals surface area contributed by atoms with Crippen LogP contribution < -0.4 is 5.32 Å². The Hall–Kier alpha value is -3.78. The zero-order chi connectivity index (χ0) is 27.6. The maximum Gasteiger partial charge on any atom is 0.433 e. The SMILES string of the molecule is FC(F)(F)c1cc(C(F)(F)F)c2ccc(Nc3ccc4c(C(F)(F)F)cc(C(F)(F)F)nc4c3)cc2n1. The van der Waals surface area contributed by atoms with Gasteiger partial charge < -0.3 is 5.32 Å².